The lowest BCUT2D eigenvalue weighted by Crippen LogP contribution is -2.22. The number of nitrogens with zero attached hydrogens (tertiary/aromatic N) is 1. The van der Waals surface area contributed by atoms with Gasteiger partial charge in [0.15, 0.2) is 0 Å². The molecule has 0 radical (unpaired) electrons. The average Bonchev–Trinajstić information content (AvgIpc) is 2.79. The summed E-state index contributed by atoms with van der Waals surface area (Å²) >= 11 is 0. The quantitative estimate of drug-likeness (QED) is 0.446. The Morgan fingerprint density at radius 2 is 1.61 bits per heavy atom. The van der Waals surface area contributed by atoms with E-state index in [0.717, 1.165) is 5.56 Å². The Balaban J connectivity index is 1.55. The van der Waals surface area contributed by atoms with E-state index in [1.54, 1.807) is 61.8 Å². The van der Waals surface area contributed by atoms with Crippen molar-refractivity contribution in [1.29, 1.82) is 0 Å². The first-order valence-electron chi connectivity index (χ1n) is 9.58. The van der Waals surface area contributed by atoms with E-state index >= 15 is 0 Å². The number of pyridine rings is 1. The minimum absolute atomic E-state index is 0.216. The fourth-order valence-corrected chi connectivity index (χ4v) is 2.67. The van der Waals surface area contributed by atoms with Crippen LogP contribution in [0.4, 0.5) is 10.5 Å². The van der Waals surface area contributed by atoms with Crippen molar-refractivity contribution in [2.24, 2.45) is 0 Å². The molecule has 1 aromatic heterocycles. The topological polar surface area (TPSA) is 107 Å². The highest BCUT2D eigenvalue weighted by molar-refractivity contribution is 6.04. The van der Waals surface area contributed by atoms with Crippen molar-refractivity contribution < 1.29 is 23.9 Å². The Hall–Kier alpha value is -4.20. The molecule has 0 aliphatic heterocycles. The summed E-state index contributed by atoms with van der Waals surface area (Å²) in [7, 11) is 0. The molecular formula is C23H21N3O5. The number of rotatable bonds is 7. The molecule has 0 fully saturated rings. The molecule has 1 heterocycles. The predicted octanol–water partition coefficient (Wildman–Crippen LogP) is 3.80. The Labute approximate surface area is 179 Å². The lowest BCUT2D eigenvalue weighted by Gasteiger charge is -2.09. The first-order chi connectivity index (χ1) is 15.0. The highest BCUT2D eigenvalue weighted by Gasteiger charge is 2.09. The third kappa shape index (κ3) is 6.40. The molecule has 0 spiro atoms. The molecular weight excluding hydrogens is 398 g/mol. The largest absolute Gasteiger partial charge is 0.513 e. The van der Waals surface area contributed by atoms with Gasteiger partial charge in [0.1, 0.15) is 5.75 Å². The van der Waals surface area contributed by atoms with Gasteiger partial charge in [-0.3, -0.25) is 14.6 Å². The second kappa shape index (κ2) is 10.5. The van der Waals surface area contributed by atoms with E-state index in [9.17, 15) is 14.4 Å². The maximum Gasteiger partial charge on any atom is 0.513 e. The van der Waals surface area contributed by atoms with E-state index < -0.39 is 6.16 Å². The molecule has 2 amide bonds. The van der Waals surface area contributed by atoms with Crippen LogP contribution >= 0.6 is 0 Å². The maximum atomic E-state index is 12.4. The number of hydrogen-bond acceptors (Lipinski definition) is 6. The molecule has 158 valence electrons. The van der Waals surface area contributed by atoms with Crippen molar-refractivity contribution in [2.45, 2.75) is 13.5 Å². The zero-order valence-corrected chi connectivity index (χ0v) is 16.8. The number of ether oxygens (including phenoxy) is 2. The third-order valence-corrected chi connectivity index (χ3v) is 4.16. The first kappa shape index (κ1) is 21.5. The van der Waals surface area contributed by atoms with Gasteiger partial charge in [-0.1, -0.05) is 12.1 Å². The number of nitrogens with one attached hydrogen (secondary N) is 2. The fraction of sp³-hybridized carbons (Fsp3) is 0.130. The number of benzene rings is 2. The summed E-state index contributed by atoms with van der Waals surface area (Å²) in [5.41, 5.74) is 2.36. The van der Waals surface area contributed by atoms with Crippen molar-refractivity contribution in [3.8, 4) is 5.75 Å². The van der Waals surface area contributed by atoms with Crippen LogP contribution in [0.15, 0.2) is 73.1 Å². The van der Waals surface area contributed by atoms with Crippen molar-refractivity contribution in [1.82, 2.24) is 10.3 Å². The van der Waals surface area contributed by atoms with Crippen LogP contribution in [-0.4, -0.2) is 29.6 Å². The number of hydrogen-bond donors (Lipinski definition) is 2. The Bertz CT molecular complexity index is 1050. The number of amides is 2. The lowest BCUT2D eigenvalue weighted by molar-refractivity contribution is 0.0950. The van der Waals surface area contributed by atoms with E-state index in [-0.39, 0.29) is 30.7 Å². The Morgan fingerprint density at radius 1 is 0.903 bits per heavy atom. The zero-order chi connectivity index (χ0) is 22.1. The van der Waals surface area contributed by atoms with Gasteiger partial charge in [0, 0.05) is 35.8 Å². The monoisotopic (exact) mass is 419 g/mol. The van der Waals surface area contributed by atoms with Gasteiger partial charge in [-0.25, -0.2) is 4.79 Å². The fourth-order valence-electron chi connectivity index (χ4n) is 2.67. The van der Waals surface area contributed by atoms with Gasteiger partial charge in [0.2, 0.25) is 0 Å². The number of carbonyl (C=O) groups excluding carboxylic acids is 3. The summed E-state index contributed by atoms with van der Waals surface area (Å²) in [6.07, 6.45) is 2.31. The molecule has 0 aliphatic rings. The summed E-state index contributed by atoms with van der Waals surface area (Å²) in [5.74, 6) is -0.240. The van der Waals surface area contributed by atoms with Crippen molar-refractivity contribution in [2.75, 3.05) is 11.9 Å². The first-order valence-corrected chi connectivity index (χ1v) is 9.58. The summed E-state index contributed by atoms with van der Waals surface area (Å²) in [5, 5.41) is 5.63. The lowest BCUT2D eigenvalue weighted by atomic mass is 10.1. The van der Waals surface area contributed by atoms with Crippen molar-refractivity contribution in [3.63, 3.8) is 0 Å². The second-order valence-corrected chi connectivity index (χ2v) is 6.38. The molecule has 2 aromatic carbocycles. The summed E-state index contributed by atoms with van der Waals surface area (Å²) in [6.45, 7) is 2.17. The molecule has 0 saturated carbocycles. The summed E-state index contributed by atoms with van der Waals surface area (Å²) in [6, 6.07) is 16.6. The third-order valence-electron chi connectivity index (χ3n) is 4.16. The maximum absolute atomic E-state index is 12.4. The van der Waals surface area contributed by atoms with Gasteiger partial charge in [-0.2, -0.15) is 0 Å². The van der Waals surface area contributed by atoms with Crippen LogP contribution in [0.2, 0.25) is 0 Å². The molecule has 3 rings (SSSR count). The minimum Gasteiger partial charge on any atom is -0.434 e. The summed E-state index contributed by atoms with van der Waals surface area (Å²) in [4.78, 5) is 39.8. The molecule has 3 aromatic rings. The molecule has 2 N–H and O–H groups in total. The van der Waals surface area contributed by atoms with Gasteiger partial charge < -0.3 is 20.1 Å². The molecule has 8 nitrogen and oxygen atoms in total. The van der Waals surface area contributed by atoms with E-state index in [1.165, 1.54) is 12.1 Å². The average molecular weight is 419 g/mol. The van der Waals surface area contributed by atoms with Gasteiger partial charge >= 0.3 is 6.16 Å². The van der Waals surface area contributed by atoms with Gasteiger partial charge in [-0.05, 0) is 61.0 Å². The van der Waals surface area contributed by atoms with E-state index in [4.69, 9.17) is 9.47 Å². The Kier molecular flexibility index (Phi) is 7.31. The Morgan fingerprint density at radius 3 is 2.32 bits per heavy atom. The molecule has 0 unspecified atom stereocenters. The van der Waals surface area contributed by atoms with Crippen LogP contribution in [-0.2, 0) is 11.3 Å². The molecule has 31 heavy (non-hydrogen) atoms. The van der Waals surface area contributed by atoms with Crippen molar-refractivity contribution >= 4 is 23.7 Å². The van der Waals surface area contributed by atoms with Crippen LogP contribution in [0.3, 0.4) is 0 Å². The normalized spacial score (nSPS) is 10.1. The number of carbonyl (C=O) groups is 3. The molecule has 0 bridgehead atoms. The number of anilines is 1. The highest BCUT2D eigenvalue weighted by atomic mass is 16.7. The van der Waals surface area contributed by atoms with Crippen LogP contribution < -0.4 is 15.4 Å². The summed E-state index contributed by atoms with van der Waals surface area (Å²) < 4.78 is 9.67. The standard InChI is InChI=1S/C23H21N3O5/c1-2-30-23(29)31-20-8-6-17(7-9-20)21(27)25-15-16-4-3-5-19(14-16)26-22(28)18-10-12-24-13-11-18/h3-14H,2,15H2,1H3,(H,25,27)(H,26,28). The molecule has 0 saturated heterocycles. The van der Waals surface area contributed by atoms with E-state index in [2.05, 4.69) is 15.6 Å². The highest BCUT2D eigenvalue weighted by Crippen LogP contribution is 2.15. The van der Waals surface area contributed by atoms with Gasteiger partial charge in [-0.15, -0.1) is 0 Å². The SMILES string of the molecule is CCOC(=O)Oc1ccc(C(=O)NCc2cccc(NC(=O)c3ccncc3)c2)cc1. The smallest absolute Gasteiger partial charge is 0.434 e. The minimum atomic E-state index is -0.796. The van der Waals surface area contributed by atoms with Crippen LogP contribution in [0.1, 0.15) is 33.2 Å². The molecule has 0 aliphatic carbocycles. The van der Waals surface area contributed by atoms with E-state index in [1.807, 2.05) is 6.07 Å². The zero-order valence-electron chi connectivity index (χ0n) is 16.8. The van der Waals surface area contributed by atoms with Crippen LogP contribution in [0.5, 0.6) is 5.75 Å². The van der Waals surface area contributed by atoms with Crippen LogP contribution in [0.25, 0.3) is 0 Å². The van der Waals surface area contributed by atoms with E-state index in [0.29, 0.717) is 16.8 Å². The van der Waals surface area contributed by atoms with Gasteiger partial charge in [0.05, 0.1) is 6.61 Å². The predicted molar refractivity (Wildman–Crippen MR) is 114 cm³/mol. The molecule has 0 atom stereocenters. The van der Waals surface area contributed by atoms with Crippen molar-refractivity contribution in [3.05, 3.63) is 89.7 Å². The van der Waals surface area contributed by atoms with Crippen LogP contribution in [0, 0.1) is 0 Å². The second-order valence-electron chi connectivity index (χ2n) is 6.38. The number of aromatic nitrogens is 1. The van der Waals surface area contributed by atoms with Gasteiger partial charge in [0.25, 0.3) is 11.8 Å². The molecule has 8 heteroatoms.